The first-order valence-corrected chi connectivity index (χ1v) is 15.3. The molecule has 3 aromatic rings. The van der Waals surface area contributed by atoms with Crippen LogP contribution < -0.4 is 9.47 Å². The van der Waals surface area contributed by atoms with Crippen molar-refractivity contribution in [3.05, 3.63) is 48.0 Å². The maximum atomic E-state index is 12.8. The minimum Gasteiger partial charge on any atom is -0.434 e. The third-order valence-electron chi connectivity index (χ3n) is 7.14. The number of unbranched alkanes of at least 4 members (excludes halogenated alkanes) is 9. The molecule has 0 bridgehead atoms. The summed E-state index contributed by atoms with van der Waals surface area (Å²) < 4.78 is 22.7. The number of hydrogen-bond donors (Lipinski definition) is 0. The van der Waals surface area contributed by atoms with Gasteiger partial charge in [-0.2, -0.15) is 0 Å². The molecular weight excluding hydrogens is 504 g/mol. The predicted octanol–water partition coefficient (Wildman–Crippen LogP) is 10.3. The molecule has 0 radical (unpaired) electrons. The van der Waals surface area contributed by atoms with Crippen LogP contribution in [0.25, 0.3) is 21.5 Å². The SMILES string of the molecule is CCCCCCCOC(=O)Oc1c2ccccc2c(OC(=O)OCCCCCCC)c2c(CCCC)cccc12. The summed E-state index contributed by atoms with van der Waals surface area (Å²) in [6.07, 6.45) is 12.0. The van der Waals surface area contributed by atoms with Gasteiger partial charge in [-0.3, -0.25) is 0 Å². The summed E-state index contributed by atoms with van der Waals surface area (Å²) in [5.41, 5.74) is 1.03. The first-order valence-electron chi connectivity index (χ1n) is 15.3. The normalized spacial score (nSPS) is 11.1. The van der Waals surface area contributed by atoms with Crippen molar-refractivity contribution < 1.29 is 28.5 Å². The quantitative estimate of drug-likeness (QED) is 0.0720. The molecule has 40 heavy (non-hydrogen) atoms. The summed E-state index contributed by atoms with van der Waals surface area (Å²) in [4.78, 5) is 25.6. The molecule has 0 N–H and O–H groups in total. The minimum atomic E-state index is -0.725. The zero-order chi connectivity index (χ0) is 28.6. The number of fused-ring (bicyclic) bond motifs is 2. The molecule has 6 heteroatoms. The highest BCUT2D eigenvalue weighted by Gasteiger charge is 2.23. The van der Waals surface area contributed by atoms with E-state index in [4.69, 9.17) is 18.9 Å². The number of carbonyl (C=O) groups excluding carboxylic acids is 2. The molecule has 0 saturated heterocycles. The Morgan fingerprint density at radius 1 is 0.550 bits per heavy atom. The molecule has 0 heterocycles. The molecule has 0 aliphatic heterocycles. The van der Waals surface area contributed by atoms with E-state index in [2.05, 4.69) is 20.8 Å². The highest BCUT2D eigenvalue weighted by molar-refractivity contribution is 6.13. The van der Waals surface area contributed by atoms with Crippen molar-refractivity contribution in [2.45, 2.75) is 104 Å². The maximum absolute atomic E-state index is 12.8. The van der Waals surface area contributed by atoms with Crippen LogP contribution in [0.2, 0.25) is 0 Å². The van der Waals surface area contributed by atoms with Gasteiger partial charge < -0.3 is 18.9 Å². The molecule has 0 fully saturated rings. The third kappa shape index (κ3) is 9.14. The minimum absolute atomic E-state index is 0.325. The maximum Gasteiger partial charge on any atom is 0.513 e. The molecule has 0 aliphatic rings. The number of benzene rings is 3. The lowest BCUT2D eigenvalue weighted by atomic mass is 9.94. The van der Waals surface area contributed by atoms with Gasteiger partial charge in [-0.05, 0) is 31.2 Å². The van der Waals surface area contributed by atoms with Gasteiger partial charge in [0.15, 0.2) is 5.75 Å². The van der Waals surface area contributed by atoms with Crippen LogP contribution in [0.3, 0.4) is 0 Å². The highest BCUT2D eigenvalue weighted by atomic mass is 16.7. The van der Waals surface area contributed by atoms with Crippen molar-refractivity contribution in [1.82, 2.24) is 0 Å². The molecule has 0 aromatic heterocycles. The summed E-state index contributed by atoms with van der Waals surface area (Å²) in [6.45, 7) is 7.14. The van der Waals surface area contributed by atoms with Gasteiger partial charge in [-0.25, -0.2) is 9.59 Å². The van der Waals surface area contributed by atoms with Gasteiger partial charge in [0.1, 0.15) is 5.75 Å². The van der Waals surface area contributed by atoms with Crippen molar-refractivity contribution in [1.29, 1.82) is 0 Å². The van der Waals surface area contributed by atoms with Crippen molar-refractivity contribution in [3.63, 3.8) is 0 Å². The topological polar surface area (TPSA) is 71.1 Å². The van der Waals surface area contributed by atoms with E-state index < -0.39 is 12.3 Å². The highest BCUT2D eigenvalue weighted by Crippen LogP contribution is 2.44. The fourth-order valence-electron chi connectivity index (χ4n) is 4.96. The summed E-state index contributed by atoms with van der Waals surface area (Å²) in [7, 11) is 0. The summed E-state index contributed by atoms with van der Waals surface area (Å²) in [6, 6.07) is 13.4. The number of ether oxygens (including phenoxy) is 4. The van der Waals surface area contributed by atoms with Crippen LogP contribution in [-0.2, 0) is 15.9 Å². The van der Waals surface area contributed by atoms with Crippen LogP contribution in [0.4, 0.5) is 9.59 Å². The molecule has 6 nitrogen and oxygen atoms in total. The fraction of sp³-hybridized carbons (Fsp3) is 0.529. The Morgan fingerprint density at radius 3 is 1.62 bits per heavy atom. The monoisotopic (exact) mass is 550 g/mol. The number of rotatable bonds is 17. The van der Waals surface area contributed by atoms with Crippen LogP contribution in [0, 0.1) is 0 Å². The molecule has 0 spiro atoms. The Hall–Kier alpha value is -3.28. The van der Waals surface area contributed by atoms with Crippen LogP contribution in [0.1, 0.15) is 103 Å². The standard InChI is InChI=1S/C34H46O6/c1-4-7-10-12-16-24-37-33(35)39-31-27-21-14-15-22-28(27)32(40-34(36)38-25-17-13-11-8-5-2)30-26(19-9-6-3)20-18-23-29(30)31/h14-15,18,20-23H,4-13,16-17,19,24-25H2,1-3H3. The Bertz CT molecular complexity index is 1220. The number of hydrogen-bond acceptors (Lipinski definition) is 6. The van der Waals surface area contributed by atoms with E-state index in [9.17, 15) is 9.59 Å². The van der Waals surface area contributed by atoms with Gasteiger partial charge in [0, 0.05) is 21.5 Å². The van der Waals surface area contributed by atoms with Crippen LogP contribution in [0.5, 0.6) is 11.5 Å². The molecular formula is C34H46O6. The predicted molar refractivity (Wildman–Crippen MR) is 162 cm³/mol. The molecule has 0 aliphatic carbocycles. The third-order valence-corrected chi connectivity index (χ3v) is 7.14. The number of carbonyl (C=O) groups is 2. The summed E-state index contributed by atoms with van der Waals surface area (Å²) in [5, 5.41) is 2.82. The van der Waals surface area contributed by atoms with Crippen LogP contribution in [-0.4, -0.2) is 25.5 Å². The lowest BCUT2D eigenvalue weighted by Crippen LogP contribution is -2.14. The van der Waals surface area contributed by atoms with E-state index in [0.717, 1.165) is 68.7 Å². The zero-order valence-corrected chi connectivity index (χ0v) is 24.6. The van der Waals surface area contributed by atoms with E-state index in [1.807, 2.05) is 42.5 Å². The van der Waals surface area contributed by atoms with Gasteiger partial charge in [0.25, 0.3) is 0 Å². The molecule has 3 rings (SSSR count). The average molecular weight is 551 g/mol. The van der Waals surface area contributed by atoms with Gasteiger partial charge in [-0.1, -0.05) is 121 Å². The molecule has 3 aromatic carbocycles. The fourth-order valence-corrected chi connectivity index (χ4v) is 4.96. The van der Waals surface area contributed by atoms with Crippen molar-refractivity contribution >= 4 is 33.9 Å². The Labute approximate surface area is 239 Å². The Balaban J connectivity index is 1.90. The first-order chi connectivity index (χ1) is 19.6. The zero-order valence-electron chi connectivity index (χ0n) is 24.6. The van der Waals surface area contributed by atoms with Crippen LogP contribution in [0.15, 0.2) is 42.5 Å². The van der Waals surface area contributed by atoms with E-state index in [1.54, 1.807) is 0 Å². The van der Waals surface area contributed by atoms with Gasteiger partial charge >= 0.3 is 12.3 Å². The van der Waals surface area contributed by atoms with E-state index in [-0.39, 0.29) is 0 Å². The van der Waals surface area contributed by atoms with E-state index in [1.165, 1.54) is 25.7 Å². The smallest absolute Gasteiger partial charge is 0.434 e. The van der Waals surface area contributed by atoms with Crippen molar-refractivity contribution in [2.75, 3.05) is 13.2 Å². The first kappa shape index (κ1) is 31.3. The average Bonchev–Trinajstić information content (AvgIpc) is 2.97. The van der Waals surface area contributed by atoms with E-state index in [0.29, 0.717) is 40.9 Å². The summed E-state index contributed by atoms with van der Waals surface area (Å²) >= 11 is 0. The molecule has 0 atom stereocenters. The largest absolute Gasteiger partial charge is 0.513 e. The second kappa shape index (κ2) is 17.4. The van der Waals surface area contributed by atoms with Gasteiger partial charge in [0.05, 0.1) is 13.2 Å². The Kier molecular flexibility index (Phi) is 13.6. The second-order valence-electron chi connectivity index (χ2n) is 10.4. The second-order valence-corrected chi connectivity index (χ2v) is 10.4. The number of aryl methyl sites for hydroxylation is 1. The lowest BCUT2D eigenvalue weighted by Gasteiger charge is -2.18. The van der Waals surface area contributed by atoms with Gasteiger partial charge in [-0.15, -0.1) is 0 Å². The molecule has 0 unspecified atom stereocenters. The summed E-state index contributed by atoms with van der Waals surface area (Å²) in [5.74, 6) is 0.849. The molecule has 0 amide bonds. The van der Waals surface area contributed by atoms with E-state index >= 15 is 0 Å². The van der Waals surface area contributed by atoms with Gasteiger partial charge in [0.2, 0.25) is 0 Å². The molecule has 218 valence electrons. The van der Waals surface area contributed by atoms with Crippen molar-refractivity contribution in [3.8, 4) is 11.5 Å². The van der Waals surface area contributed by atoms with Crippen LogP contribution >= 0.6 is 0 Å². The lowest BCUT2D eigenvalue weighted by molar-refractivity contribution is 0.0965. The molecule has 0 saturated carbocycles. The Morgan fingerprint density at radius 2 is 1.05 bits per heavy atom. The van der Waals surface area contributed by atoms with Crippen molar-refractivity contribution in [2.24, 2.45) is 0 Å².